The number of halogens is 2. The minimum absolute atomic E-state index is 0.128. The molecule has 2 N–H and O–H groups in total. The van der Waals surface area contributed by atoms with Crippen molar-refractivity contribution in [2.24, 2.45) is 0 Å². The molecule has 4 nitrogen and oxygen atoms in total. The first-order chi connectivity index (χ1) is 9.06. The number of hydrogen-bond acceptors (Lipinski definition) is 3. The lowest BCUT2D eigenvalue weighted by molar-refractivity contribution is 0.0696. The number of rotatable bonds is 4. The predicted octanol–water partition coefficient (Wildman–Crippen LogP) is 3.18. The Morgan fingerprint density at radius 3 is 2.74 bits per heavy atom. The molecular weight excluding hydrogens is 271 g/mol. The second-order valence-electron chi connectivity index (χ2n) is 3.82. The summed E-state index contributed by atoms with van der Waals surface area (Å²) in [6.07, 6.45) is 1.28. The van der Waals surface area contributed by atoms with Gasteiger partial charge in [-0.1, -0.05) is 11.6 Å². The second-order valence-corrected chi connectivity index (χ2v) is 4.23. The highest BCUT2D eigenvalue weighted by molar-refractivity contribution is 6.33. The third-order valence-electron chi connectivity index (χ3n) is 2.46. The predicted molar refractivity (Wildman–Crippen MR) is 69.9 cm³/mol. The van der Waals surface area contributed by atoms with Gasteiger partial charge >= 0.3 is 5.97 Å². The number of aromatic carboxylic acids is 1. The number of carboxylic acid groups (broad SMARTS) is 1. The van der Waals surface area contributed by atoms with Crippen molar-refractivity contribution in [3.63, 3.8) is 0 Å². The fourth-order valence-electron chi connectivity index (χ4n) is 1.47. The van der Waals surface area contributed by atoms with E-state index in [-0.39, 0.29) is 10.6 Å². The van der Waals surface area contributed by atoms with Gasteiger partial charge in [0.1, 0.15) is 5.82 Å². The van der Waals surface area contributed by atoms with Gasteiger partial charge in [0.15, 0.2) is 0 Å². The highest BCUT2D eigenvalue weighted by atomic mass is 35.5. The quantitative estimate of drug-likeness (QED) is 0.903. The summed E-state index contributed by atoms with van der Waals surface area (Å²) in [5.74, 6) is -1.42. The molecule has 1 heterocycles. The van der Waals surface area contributed by atoms with Gasteiger partial charge in [-0.3, -0.25) is 4.98 Å². The fourth-order valence-corrected chi connectivity index (χ4v) is 1.71. The van der Waals surface area contributed by atoms with E-state index in [1.165, 1.54) is 30.5 Å². The molecule has 0 aliphatic heterocycles. The number of aromatic nitrogens is 1. The molecule has 1 aromatic carbocycles. The maximum absolute atomic E-state index is 12.9. The number of carboxylic acids is 1. The molecule has 2 rings (SSSR count). The zero-order chi connectivity index (χ0) is 13.8. The van der Waals surface area contributed by atoms with Crippen molar-refractivity contribution in [2.75, 3.05) is 5.32 Å². The zero-order valence-electron chi connectivity index (χ0n) is 9.73. The molecule has 0 radical (unpaired) electrons. The minimum atomic E-state index is -1.02. The first kappa shape index (κ1) is 13.3. The van der Waals surface area contributed by atoms with E-state index in [1.54, 1.807) is 6.07 Å². The van der Waals surface area contributed by atoms with Crippen molar-refractivity contribution < 1.29 is 14.3 Å². The molecule has 0 aliphatic rings. The Hall–Kier alpha value is -2.14. The van der Waals surface area contributed by atoms with E-state index >= 15 is 0 Å². The smallest absolute Gasteiger partial charge is 0.337 e. The standard InChI is InChI=1S/C13H10ClFN2O2/c14-11-5-9(15)2-4-12(11)17-7-10-3-1-8(6-16-10)13(18)19/h1-6,17H,7H2,(H,18,19). The van der Waals surface area contributed by atoms with Crippen LogP contribution in [0.5, 0.6) is 0 Å². The molecule has 0 amide bonds. The van der Waals surface area contributed by atoms with Crippen LogP contribution in [-0.2, 0) is 6.54 Å². The molecule has 0 unspecified atom stereocenters. The molecule has 6 heteroatoms. The Kier molecular flexibility index (Phi) is 3.97. The molecule has 0 saturated heterocycles. The molecule has 0 fully saturated rings. The van der Waals surface area contributed by atoms with Crippen molar-refractivity contribution >= 4 is 23.3 Å². The van der Waals surface area contributed by atoms with E-state index in [9.17, 15) is 9.18 Å². The molecule has 0 aliphatic carbocycles. The summed E-state index contributed by atoms with van der Waals surface area (Å²) >= 11 is 5.86. The van der Waals surface area contributed by atoms with E-state index in [0.29, 0.717) is 17.9 Å². The highest BCUT2D eigenvalue weighted by Crippen LogP contribution is 2.22. The Bertz CT molecular complexity index is 602. The van der Waals surface area contributed by atoms with Crippen LogP contribution in [0.25, 0.3) is 0 Å². The lowest BCUT2D eigenvalue weighted by Gasteiger charge is -2.08. The van der Waals surface area contributed by atoms with E-state index < -0.39 is 11.8 Å². The average Bonchev–Trinajstić information content (AvgIpc) is 2.38. The van der Waals surface area contributed by atoms with Gasteiger partial charge in [-0.15, -0.1) is 0 Å². The van der Waals surface area contributed by atoms with Gasteiger partial charge in [-0.25, -0.2) is 9.18 Å². The first-order valence-corrected chi connectivity index (χ1v) is 5.81. The van der Waals surface area contributed by atoms with Crippen LogP contribution in [0.2, 0.25) is 5.02 Å². The third-order valence-corrected chi connectivity index (χ3v) is 2.78. The largest absolute Gasteiger partial charge is 0.478 e. The van der Waals surface area contributed by atoms with Gasteiger partial charge in [0.2, 0.25) is 0 Å². The van der Waals surface area contributed by atoms with Gasteiger partial charge in [0.25, 0.3) is 0 Å². The van der Waals surface area contributed by atoms with Crippen molar-refractivity contribution in [1.82, 2.24) is 4.98 Å². The molecule has 2 aromatic rings. The summed E-state index contributed by atoms with van der Waals surface area (Å²) in [6, 6.07) is 7.12. The number of nitrogens with one attached hydrogen (secondary N) is 1. The van der Waals surface area contributed by atoms with Crippen molar-refractivity contribution in [1.29, 1.82) is 0 Å². The van der Waals surface area contributed by atoms with E-state index in [4.69, 9.17) is 16.7 Å². The summed E-state index contributed by atoms with van der Waals surface area (Å²) in [5.41, 5.74) is 1.38. The minimum Gasteiger partial charge on any atom is -0.478 e. The van der Waals surface area contributed by atoms with Gasteiger partial charge in [-0.05, 0) is 30.3 Å². The summed E-state index contributed by atoms with van der Waals surface area (Å²) in [7, 11) is 0. The summed E-state index contributed by atoms with van der Waals surface area (Å²) < 4.78 is 12.9. The van der Waals surface area contributed by atoms with Crippen LogP contribution >= 0.6 is 11.6 Å². The van der Waals surface area contributed by atoms with Gasteiger partial charge in [0.05, 0.1) is 28.5 Å². The van der Waals surface area contributed by atoms with Crippen LogP contribution in [0.4, 0.5) is 10.1 Å². The lowest BCUT2D eigenvalue weighted by Crippen LogP contribution is -2.04. The summed E-state index contributed by atoms with van der Waals surface area (Å²) in [5, 5.41) is 12.0. The average molecular weight is 281 g/mol. The molecule has 19 heavy (non-hydrogen) atoms. The van der Waals surface area contributed by atoms with Gasteiger partial charge < -0.3 is 10.4 Å². The second kappa shape index (κ2) is 5.67. The Morgan fingerprint density at radius 1 is 1.37 bits per heavy atom. The SMILES string of the molecule is O=C(O)c1ccc(CNc2ccc(F)cc2Cl)nc1. The number of carbonyl (C=O) groups is 1. The third kappa shape index (κ3) is 3.42. The molecule has 0 spiro atoms. The lowest BCUT2D eigenvalue weighted by atomic mass is 10.2. The van der Waals surface area contributed by atoms with E-state index in [0.717, 1.165) is 0 Å². The first-order valence-electron chi connectivity index (χ1n) is 5.43. The number of benzene rings is 1. The highest BCUT2D eigenvalue weighted by Gasteiger charge is 2.04. The van der Waals surface area contributed by atoms with Crippen molar-refractivity contribution in [2.45, 2.75) is 6.54 Å². The molecule has 0 bridgehead atoms. The number of pyridine rings is 1. The van der Waals surface area contributed by atoms with Gasteiger partial charge in [0, 0.05) is 6.20 Å². The number of anilines is 1. The molecular formula is C13H10ClFN2O2. The fraction of sp³-hybridized carbons (Fsp3) is 0.0769. The van der Waals surface area contributed by atoms with Crippen molar-refractivity contribution in [3.8, 4) is 0 Å². The molecule has 98 valence electrons. The monoisotopic (exact) mass is 280 g/mol. The topological polar surface area (TPSA) is 62.2 Å². The number of hydrogen-bond donors (Lipinski definition) is 2. The van der Waals surface area contributed by atoms with Crippen LogP contribution in [-0.4, -0.2) is 16.1 Å². The van der Waals surface area contributed by atoms with Crippen LogP contribution < -0.4 is 5.32 Å². The maximum Gasteiger partial charge on any atom is 0.337 e. The van der Waals surface area contributed by atoms with E-state index in [2.05, 4.69) is 10.3 Å². The van der Waals surface area contributed by atoms with Crippen molar-refractivity contribution in [3.05, 3.63) is 58.6 Å². The zero-order valence-corrected chi connectivity index (χ0v) is 10.5. The Balaban J connectivity index is 2.04. The normalized spacial score (nSPS) is 10.2. The van der Waals surface area contributed by atoms with Crippen LogP contribution in [0, 0.1) is 5.82 Å². The Labute approximate surface area is 113 Å². The Morgan fingerprint density at radius 2 is 2.16 bits per heavy atom. The van der Waals surface area contributed by atoms with Crippen LogP contribution in [0.15, 0.2) is 36.5 Å². The van der Waals surface area contributed by atoms with Crippen LogP contribution in [0.3, 0.4) is 0 Å². The summed E-state index contributed by atoms with van der Waals surface area (Å²) in [6.45, 7) is 0.366. The van der Waals surface area contributed by atoms with E-state index in [1.807, 2.05) is 0 Å². The molecule has 0 atom stereocenters. The molecule has 0 saturated carbocycles. The van der Waals surface area contributed by atoms with Gasteiger partial charge in [-0.2, -0.15) is 0 Å². The summed E-state index contributed by atoms with van der Waals surface area (Å²) in [4.78, 5) is 14.7. The van der Waals surface area contributed by atoms with Crippen LogP contribution in [0.1, 0.15) is 16.1 Å². The maximum atomic E-state index is 12.9. The molecule has 1 aromatic heterocycles. The number of nitrogens with zero attached hydrogens (tertiary/aromatic N) is 1.